The molecule has 1 rings (SSSR count). The molecule has 0 saturated heterocycles. The molecular formula is C14H18ClNO2. The minimum absolute atomic E-state index is 0.395. The average Bonchev–Trinajstić information content (AvgIpc) is 2.29. The lowest BCUT2D eigenvalue weighted by Gasteiger charge is -2.30. The molecule has 1 aromatic rings. The minimum atomic E-state index is -0.796. The number of ether oxygens (including phenoxy) is 1. The van der Waals surface area contributed by atoms with Gasteiger partial charge in [-0.3, -0.25) is 0 Å². The molecule has 4 heteroatoms. The van der Waals surface area contributed by atoms with Gasteiger partial charge in [0.1, 0.15) is 11.7 Å². The van der Waals surface area contributed by atoms with Crippen LogP contribution in [0.5, 0.6) is 5.75 Å². The van der Waals surface area contributed by atoms with Gasteiger partial charge in [-0.15, -0.1) is 0 Å². The Balaban J connectivity index is 3.25. The van der Waals surface area contributed by atoms with Crippen molar-refractivity contribution < 1.29 is 9.84 Å². The molecule has 0 bridgehead atoms. The summed E-state index contributed by atoms with van der Waals surface area (Å²) in [7, 11) is 1.53. The second-order valence-corrected chi connectivity index (χ2v) is 5.74. The summed E-state index contributed by atoms with van der Waals surface area (Å²) < 4.78 is 5.23. The third-order valence-corrected chi connectivity index (χ3v) is 3.10. The van der Waals surface area contributed by atoms with Crippen LogP contribution in [-0.2, 0) is 0 Å². The quantitative estimate of drug-likeness (QED) is 0.914. The molecule has 18 heavy (non-hydrogen) atoms. The first-order chi connectivity index (χ1) is 8.31. The Morgan fingerprint density at radius 3 is 2.44 bits per heavy atom. The monoisotopic (exact) mass is 267 g/mol. The zero-order valence-corrected chi connectivity index (χ0v) is 11.8. The number of halogens is 1. The van der Waals surface area contributed by atoms with Crippen LogP contribution in [0.2, 0.25) is 5.02 Å². The normalized spacial score (nSPS) is 14.7. The van der Waals surface area contributed by atoms with Crippen LogP contribution in [0.3, 0.4) is 0 Å². The van der Waals surface area contributed by atoms with E-state index in [2.05, 4.69) is 6.07 Å². The smallest absolute Gasteiger partial charge is 0.123 e. The van der Waals surface area contributed by atoms with E-state index in [0.29, 0.717) is 16.3 Å². The molecule has 0 radical (unpaired) electrons. The molecule has 0 heterocycles. The molecule has 0 spiro atoms. The van der Waals surface area contributed by atoms with Crippen molar-refractivity contribution in [2.45, 2.75) is 32.8 Å². The molecule has 0 saturated carbocycles. The topological polar surface area (TPSA) is 53.2 Å². The maximum absolute atomic E-state index is 10.3. The van der Waals surface area contributed by atoms with Crippen LogP contribution < -0.4 is 4.74 Å². The lowest BCUT2D eigenvalue weighted by molar-refractivity contribution is 0.0521. The minimum Gasteiger partial charge on any atom is -0.496 e. The zero-order chi connectivity index (χ0) is 13.9. The van der Waals surface area contributed by atoms with E-state index in [4.69, 9.17) is 16.3 Å². The van der Waals surface area contributed by atoms with Crippen molar-refractivity contribution in [1.29, 1.82) is 5.26 Å². The summed E-state index contributed by atoms with van der Waals surface area (Å²) in [5.41, 5.74) is 0.225. The van der Waals surface area contributed by atoms with E-state index >= 15 is 0 Å². The van der Waals surface area contributed by atoms with Crippen LogP contribution in [-0.4, -0.2) is 18.3 Å². The molecule has 0 amide bonds. The van der Waals surface area contributed by atoms with E-state index < -0.39 is 17.4 Å². The van der Waals surface area contributed by atoms with Gasteiger partial charge in [0.25, 0.3) is 0 Å². The lowest BCUT2D eigenvalue weighted by Crippen LogP contribution is -2.32. The first-order valence-corrected chi connectivity index (χ1v) is 6.10. The summed E-state index contributed by atoms with van der Waals surface area (Å²) in [4.78, 5) is 0. The standard InChI is InChI=1S/C14H18ClNO2/c1-14(2,3)13(17)11(8-16)10-7-9(15)5-6-12(10)18-4/h5-7,11,13,17H,1-4H3. The van der Waals surface area contributed by atoms with Crippen molar-refractivity contribution >= 4 is 11.6 Å². The third kappa shape index (κ3) is 3.16. The van der Waals surface area contributed by atoms with Gasteiger partial charge < -0.3 is 9.84 Å². The van der Waals surface area contributed by atoms with Gasteiger partial charge in [0, 0.05) is 10.6 Å². The van der Waals surface area contributed by atoms with Gasteiger partial charge in [-0.25, -0.2) is 0 Å². The van der Waals surface area contributed by atoms with Gasteiger partial charge >= 0.3 is 0 Å². The Labute approximate surface area is 113 Å². The zero-order valence-electron chi connectivity index (χ0n) is 11.1. The van der Waals surface area contributed by atoms with Crippen molar-refractivity contribution in [2.24, 2.45) is 5.41 Å². The third-order valence-electron chi connectivity index (χ3n) is 2.87. The molecule has 2 unspecified atom stereocenters. The summed E-state index contributed by atoms with van der Waals surface area (Å²) >= 11 is 5.95. The van der Waals surface area contributed by atoms with Crippen molar-refractivity contribution in [1.82, 2.24) is 0 Å². The fourth-order valence-electron chi connectivity index (χ4n) is 1.76. The van der Waals surface area contributed by atoms with E-state index in [0.717, 1.165) is 0 Å². The molecule has 0 aliphatic heterocycles. The highest BCUT2D eigenvalue weighted by Crippen LogP contribution is 2.36. The van der Waals surface area contributed by atoms with Crippen molar-refractivity contribution in [3.05, 3.63) is 28.8 Å². The average molecular weight is 268 g/mol. The maximum atomic E-state index is 10.3. The largest absolute Gasteiger partial charge is 0.496 e. The number of benzene rings is 1. The van der Waals surface area contributed by atoms with Gasteiger partial charge in [0.15, 0.2) is 0 Å². The second-order valence-electron chi connectivity index (χ2n) is 5.30. The highest BCUT2D eigenvalue weighted by molar-refractivity contribution is 6.30. The van der Waals surface area contributed by atoms with Gasteiger partial charge in [-0.1, -0.05) is 32.4 Å². The molecule has 98 valence electrons. The maximum Gasteiger partial charge on any atom is 0.123 e. The fourth-order valence-corrected chi connectivity index (χ4v) is 1.94. The number of rotatable bonds is 3. The lowest BCUT2D eigenvalue weighted by atomic mass is 9.79. The predicted molar refractivity (Wildman–Crippen MR) is 71.8 cm³/mol. The van der Waals surface area contributed by atoms with E-state index in [1.165, 1.54) is 7.11 Å². The van der Waals surface area contributed by atoms with Crippen molar-refractivity contribution in [3.8, 4) is 11.8 Å². The summed E-state index contributed by atoms with van der Waals surface area (Å²) in [5, 5.41) is 20.1. The summed E-state index contributed by atoms with van der Waals surface area (Å²) in [5.74, 6) is -0.104. The molecule has 0 aliphatic rings. The molecular weight excluding hydrogens is 250 g/mol. The Morgan fingerprint density at radius 2 is 2.00 bits per heavy atom. The van der Waals surface area contributed by atoms with E-state index in [1.807, 2.05) is 20.8 Å². The number of nitrogens with zero attached hydrogens (tertiary/aromatic N) is 1. The number of aliphatic hydroxyl groups excluding tert-OH is 1. The number of hydrogen-bond acceptors (Lipinski definition) is 3. The highest BCUT2D eigenvalue weighted by atomic mass is 35.5. The molecule has 1 N–H and O–H groups in total. The van der Waals surface area contributed by atoms with Gasteiger partial charge in [-0.05, 0) is 23.6 Å². The summed E-state index contributed by atoms with van der Waals surface area (Å²) in [6.07, 6.45) is -0.796. The van der Waals surface area contributed by atoms with Crippen molar-refractivity contribution in [2.75, 3.05) is 7.11 Å². The number of hydrogen-bond donors (Lipinski definition) is 1. The molecule has 3 nitrogen and oxygen atoms in total. The molecule has 0 aliphatic carbocycles. The van der Waals surface area contributed by atoms with Crippen LogP contribution in [0, 0.1) is 16.7 Å². The van der Waals surface area contributed by atoms with Crippen LogP contribution in [0.1, 0.15) is 32.3 Å². The van der Waals surface area contributed by atoms with Crippen LogP contribution in [0.15, 0.2) is 18.2 Å². The highest BCUT2D eigenvalue weighted by Gasteiger charge is 2.33. The predicted octanol–water partition coefficient (Wildman–Crippen LogP) is 3.36. The van der Waals surface area contributed by atoms with Crippen LogP contribution in [0.25, 0.3) is 0 Å². The summed E-state index contributed by atoms with van der Waals surface area (Å²) in [6, 6.07) is 7.21. The fraction of sp³-hybridized carbons (Fsp3) is 0.500. The molecule has 0 aromatic heterocycles. The van der Waals surface area contributed by atoms with Gasteiger partial charge in [0.05, 0.1) is 19.3 Å². The van der Waals surface area contributed by atoms with Gasteiger partial charge in [-0.2, -0.15) is 5.26 Å². The SMILES string of the molecule is COc1ccc(Cl)cc1C(C#N)C(O)C(C)(C)C. The Morgan fingerprint density at radius 1 is 1.39 bits per heavy atom. The molecule has 2 atom stereocenters. The van der Waals surface area contributed by atoms with E-state index in [-0.39, 0.29) is 0 Å². The first kappa shape index (κ1) is 14.8. The second kappa shape index (κ2) is 5.60. The molecule has 0 fully saturated rings. The van der Waals surface area contributed by atoms with Crippen LogP contribution in [0.4, 0.5) is 0 Å². The Bertz CT molecular complexity index is 460. The summed E-state index contributed by atoms with van der Waals surface area (Å²) in [6.45, 7) is 5.66. The number of methoxy groups -OCH3 is 1. The Kier molecular flexibility index (Phi) is 4.61. The number of nitriles is 1. The van der Waals surface area contributed by atoms with Crippen LogP contribution >= 0.6 is 11.6 Å². The van der Waals surface area contributed by atoms with Gasteiger partial charge in [0.2, 0.25) is 0 Å². The first-order valence-electron chi connectivity index (χ1n) is 5.72. The van der Waals surface area contributed by atoms with E-state index in [1.54, 1.807) is 18.2 Å². The molecule has 1 aromatic carbocycles. The van der Waals surface area contributed by atoms with Crippen molar-refractivity contribution in [3.63, 3.8) is 0 Å². The van der Waals surface area contributed by atoms with E-state index in [9.17, 15) is 10.4 Å². The Hall–Kier alpha value is -1.24. The number of aliphatic hydroxyl groups is 1.